The molecule has 0 spiro atoms. The van der Waals surface area contributed by atoms with Gasteiger partial charge in [0, 0.05) is 43.0 Å². The molecule has 5 rings (SSSR count). The average Bonchev–Trinajstić information content (AvgIpc) is 3.49. The van der Waals surface area contributed by atoms with E-state index in [1.165, 1.54) is 5.56 Å². The first-order chi connectivity index (χ1) is 16.6. The lowest BCUT2D eigenvalue weighted by Gasteiger charge is -2.48. The lowest BCUT2D eigenvalue weighted by atomic mass is 9.71. The third-order valence-electron chi connectivity index (χ3n) is 7.70. The van der Waals surface area contributed by atoms with E-state index in [0.29, 0.717) is 5.92 Å². The van der Waals surface area contributed by atoms with Gasteiger partial charge in [0.15, 0.2) is 0 Å². The number of aromatic nitrogens is 1. The normalized spacial score (nSPS) is 24.9. The molecule has 4 atom stereocenters. The summed E-state index contributed by atoms with van der Waals surface area (Å²) in [7, 11) is 3.30. The van der Waals surface area contributed by atoms with Gasteiger partial charge in [-0.25, -0.2) is 5.06 Å². The fraction of sp³-hybridized carbons (Fsp3) is 0.393. The Labute approximate surface area is 201 Å². The predicted molar refractivity (Wildman–Crippen MR) is 132 cm³/mol. The Bertz CT molecular complexity index is 1110. The van der Waals surface area contributed by atoms with Gasteiger partial charge in [-0.15, -0.1) is 0 Å². The maximum absolute atomic E-state index is 13.2. The van der Waals surface area contributed by atoms with E-state index in [-0.39, 0.29) is 23.9 Å². The van der Waals surface area contributed by atoms with Crippen LogP contribution in [-0.2, 0) is 11.4 Å². The van der Waals surface area contributed by atoms with E-state index in [1.807, 2.05) is 30.3 Å². The monoisotopic (exact) mass is 459 g/mol. The van der Waals surface area contributed by atoms with Gasteiger partial charge >= 0.3 is 0 Å². The molecule has 0 aliphatic carbocycles. The summed E-state index contributed by atoms with van der Waals surface area (Å²) >= 11 is 0. The van der Waals surface area contributed by atoms with Crippen molar-refractivity contribution in [3.8, 4) is 5.75 Å². The molecule has 0 bridgehead atoms. The molecular weight excluding hydrogens is 426 g/mol. The summed E-state index contributed by atoms with van der Waals surface area (Å²) < 4.78 is 7.63. The van der Waals surface area contributed by atoms with Gasteiger partial charge in [-0.2, -0.15) is 0 Å². The second kappa shape index (κ2) is 9.65. The summed E-state index contributed by atoms with van der Waals surface area (Å²) in [6, 6.07) is 20.7. The van der Waals surface area contributed by atoms with Crippen molar-refractivity contribution in [2.75, 3.05) is 27.3 Å². The fourth-order valence-electron chi connectivity index (χ4n) is 5.96. The third kappa shape index (κ3) is 4.01. The van der Waals surface area contributed by atoms with Gasteiger partial charge in [0.2, 0.25) is 0 Å². The molecule has 1 fully saturated rings. The molecule has 3 heterocycles. The Morgan fingerprint density at radius 2 is 1.68 bits per heavy atom. The van der Waals surface area contributed by atoms with Gasteiger partial charge in [-0.3, -0.25) is 14.5 Å². The van der Waals surface area contributed by atoms with Crippen molar-refractivity contribution < 1.29 is 14.4 Å². The molecule has 6 nitrogen and oxygen atoms in total. The molecule has 1 saturated heterocycles. The van der Waals surface area contributed by atoms with Gasteiger partial charge < -0.3 is 9.30 Å². The van der Waals surface area contributed by atoms with Crippen LogP contribution in [0.5, 0.6) is 5.75 Å². The molecule has 2 aliphatic heterocycles. The lowest BCUT2D eigenvalue weighted by molar-refractivity contribution is -0.144. The highest BCUT2D eigenvalue weighted by Gasteiger charge is 2.49. The molecule has 0 radical (unpaired) electrons. The van der Waals surface area contributed by atoms with Crippen molar-refractivity contribution in [2.24, 2.45) is 5.92 Å². The van der Waals surface area contributed by atoms with Crippen molar-refractivity contribution in [1.82, 2.24) is 14.5 Å². The maximum atomic E-state index is 13.2. The molecule has 1 amide bonds. The number of rotatable bonds is 7. The SMILES string of the molecule is COc1ccc([C@@H]2CCN(CCn3cccc3)[C@H](C)[C@H]2C2c3ccccc3C(=O)N2OC)cc1. The van der Waals surface area contributed by atoms with Crippen molar-refractivity contribution in [3.05, 3.63) is 89.7 Å². The Kier molecular flexibility index (Phi) is 6.44. The molecule has 6 heteroatoms. The van der Waals surface area contributed by atoms with Crippen LogP contribution < -0.4 is 4.74 Å². The Balaban J connectivity index is 1.51. The highest BCUT2D eigenvalue weighted by molar-refractivity contribution is 5.98. The average molecular weight is 460 g/mol. The van der Waals surface area contributed by atoms with Crippen LogP contribution in [0.4, 0.5) is 0 Å². The molecule has 178 valence electrons. The second-order valence-corrected chi connectivity index (χ2v) is 9.29. The quantitative estimate of drug-likeness (QED) is 0.512. The fourth-order valence-corrected chi connectivity index (χ4v) is 5.96. The van der Waals surface area contributed by atoms with Crippen LogP contribution in [0.15, 0.2) is 73.1 Å². The summed E-state index contributed by atoms with van der Waals surface area (Å²) in [5.74, 6) is 1.29. The second-order valence-electron chi connectivity index (χ2n) is 9.29. The minimum absolute atomic E-state index is 0.0479. The van der Waals surface area contributed by atoms with Crippen LogP contribution >= 0.6 is 0 Å². The van der Waals surface area contributed by atoms with E-state index < -0.39 is 0 Å². The molecule has 2 aliphatic rings. The van der Waals surface area contributed by atoms with Gasteiger partial charge in [-0.1, -0.05) is 30.3 Å². The summed E-state index contributed by atoms with van der Waals surface area (Å²) in [6.45, 7) is 5.25. The highest BCUT2D eigenvalue weighted by atomic mass is 16.7. The van der Waals surface area contributed by atoms with Gasteiger partial charge in [0.1, 0.15) is 5.75 Å². The van der Waals surface area contributed by atoms with E-state index in [9.17, 15) is 4.79 Å². The third-order valence-corrected chi connectivity index (χ3v) is 7.70. The van der Waals surface area contributed by atoms with Crippen molar-refractivity contribution in [2.45, 2.75) is 37.9 Å². The van der Waals surface area contributed by atoms with Gasteiger partial charge in [0.25, 0.3) is 5.91 Å². The van der Waals surface area contributed by atoms with Crippen molar-refractivity contribution in [1.29, 1.82) is 0 Å². The number of methoxy groups -OCH3 is 1. The van der Waals surface area contributed by atoms with Crippen LogP contribution in [0.25, 0.3) is 0 Å². The minimum atomic E-state index is -0.134. The van der Waals surface area contributed by atoms with E-state index >= 15 is 0 Å². The predicted octanol–water partition coefficient (Wildman–Crippen LogP) is 4.75. The zero-order chi connectivity index (χ0) is 23.7. The van der Waals surface area contributed by atoms with Crippen LogP contribution in [0.1, 0.15) is 46.8 Å². The summed E-state index contributed by atoms with van der Waals surface area (Å²) in [6.07, 6.45) is 5.26. The maximum Gasteiger partial charge on any atom is 0.278 e. The first-order valence-corrected chi connectivity index (χ1v) is 12.1. The number of piperidine rings is 1. The number of hydrogen-bond acceptors (Lipinski definition) is 4. The number of carbonyl (C=O) groups is 1. The zero-order valence-electron chi connectivity index (χ0n) is 20.1. The molecule has 0 saturated carbocycles. The number of nitrogens with zero attached hydrogens (tertiary/aromatic N) is 3. The van der Waals surface area contributed by atoms with Gasteiger partial charge in [-0.05, 0) is 67.3 Å². The number of likely N-dealkylation sites (tertiary alicyclic amines) is 1. The number of carbonyl (C=O) groups excluding carboxylic acids is 1. The van der Waals surface area contributed by atoms with Crippen LogP contribution in [0.2, 0.25) is 0 Å². The molecule has 34 heavy (non-hydrogen) atoms. The Hall–Kier alpha value is -3.09. The number of fused-ring (bicyclic) bond motifs is 1. The molecule has 2 aromatic carbocycles. The largest absolute Gasteiger partial charge is 0.497 e. The number of benzene rings is 2. The topological polar surface area (TPSA) is 46.9 Å². The van der Waals surface area contributed by atoms with E-state index in [2.05, 4.69) is 59.1 Å². The van der Waals surface area contributed by atoms with E-state index in [4.69, 9.17) is 9.57 Å². The number of hydrogen-bond donors (Lipinski definition) is 0. The summed E-state index contributed by atoms with van der Waals surface area (Å²) in [4.78, 5) is 21.6. The van der Waals surface area contributed by atoms with Gasteiger partial charge in [0.05, 0.1) is 20.3 Å². The minimum Gasteiger partial charge on any atom is -0.497 e. The Morgan fingerprint density at radius 1 is 0.941 bits per heavy atom. The van der Waals surface area contributed by atoms with Crippen molar-refractivity contribution in [3.63, 3.8) is 0 Å². The molecule has 1 unspecified atom stereocenters. The van der Waals surface area contributed by atoms with E-state index in [0.717, 1.165) is 42.9 Å². The number of ether oxygens (including phenoxy) is 1. The molecule has 3 aromatic rings. The Morgan fingerprint density at radius 3 is 2.38 bits per heavy atom. The lowest BCUT2D eigenvalue weighted by Crippen LogP contribution is -2.51. The molecule has 1 aromatic heterocycles. The van der Waals surface area contributed by atoms with Crippen LogP contribution in [0.3, 0.4) is 0 Å². The number of hydroxylamine groups is 2. The summed E-state index contributed by atoms with van der Waals surface area (Å²) in [5, 5.41) is 1.61. The van der Waals surface area contributed by atoms with Crippen LogP contribution in [0, 0.1) is 5.92 Å². The van der Waals surface area contributed by atoms with Crippen molar-refractivity contribution >= 4 is 5.91 Å². The highest BCUT2D eigenvalue weighted by Crippen LogP contribution is 2.49. The van der Waals surface area contributed by atoms with Crippen LogP contribution in [-0.4, -0.2) is 53.8 Å². The molecule has 0 N–H and O–H groups in total. The molecular formula is C28H33N3O3. The first-order valence-electron chi connectivity index (χ1n) is 12.1. The standard InChI is InChI=1S/C28H33N3O3/c1-20-26(27-24-8-4-5-9-25(24)28(32)31(27)34-3)23(21-10-12-22(33-2)13-11-21)14-17-30(20)19-18-29-15-6-7-16-29/h4-13,15-16,20,23,26-27H,14,17-19H2,1-3H3/t20-,23+,26-,27?/m1/s1. The smallest absolute Gasteiger partial charge is 0.278 e. The summed E-state index contributed by atoms with van der Waals surface area (Å²) in [5.41, 5.74) is 3.10. The zero-order valence-corrected chi connectivity index (χ0v) is 20.1. The first kappa shape index (κ1) is 22.7. The number of amides is 1. The van der Waals surface area contributed by atoms with E-state index in [1.54, 1.807) is 19.3 Å².